The van der Waals surface area contributed by atoms with Crippen molar-refractivity contribution in [2.24, 2.45) is 11.8 Å². The molecule has 1 radical (unpaired) electrons. The van der Waals surface area contributed by atoms with E-state index in [4.69, 9.17) is 0 Å². The van der Waals surface area contributed by atoms with Crippen molar-refractivity contribution >= 4 is 0 Å². The van der Waals surface area contributed by atoms with Crippen LogP contribution < -0.4 is 0 Å². The van der Waals surface area contributed by atoms with Crippen molar-refractivity contribution in [2.45, 2.75) is 40.0 Å². The van der Waals surface area contributed by atoms with E-state index in [2.05, 4.69) is 39.8 Å². The molecule has 2 atom stereocenters. The van der Waals surface area contributed by atoms with Gasteiger partial charge in [0.05, 0.1) is 0 Å². The van der Waals surface area contributed by atoms with E-state index < -0.39 is 0 Å². The zero-order valence-electron chi connectivity index (χ0n) is 8.14. The summed E-state index contributed by atoms with van der Waals surface area (Å²) in [7, 11) is 0. The van der Waals surface area contributed by atoms with Crippen LogP contribution in [0.15, 0.2) is 12.2 Å². The van der Waals surface area contributed by atoms with Gasteiger partial charge in [-0.3, -0.25) is 0 Å². The van der Waals surface area contributed by atoms with E-state index in [9.17, 15) is 0 Å². The highest BCUT2D eigenvalue weighted by Gasteiger charge is 2.03. The van der Waals surface area contributed by atoms with E-state index in [0.717, 1.165) is 5.92 Å². The van der Waals surface area contributed by atoms with E-state index in [-0.39, 0.29) is 0 Å². The maximum absolute atomic E-state index is 4.00. The van der Waals surface area contributed by atoms with Crippen LogP contribution in [0.5, 0.6) is 0 Å². The lowest BCUT2D eigenvalue weighted by Gasteiger charge is -2.11. The monoisotopic (exact) mass is 153 g/mol. The molecule has 0 aromatic carbocycles. The first-order chi connectivity index (χ1) is 5.18. The van der Waals surface area contributed by atoms with Crippen LogP contribution in [0.4, 0.5) is 0 Å². The van der Waals surface area contributed by atoms with Gasteiger partial charge in [0.25, 0.3) is 0 Å². The van der Waals surface area contributed by atoms with Gasteiger partial charge in [0.1, 0.15) is 0 Å². The molecule has 65 valence electrons. The van der Waals surface area contributed by atoms with Crippen LogP contribution in [0.3, 0.4) is 0 Å². The third-order valence-corrected chi connectivity index (χ3v) is 2.10. The van der Waals surface area contributed by atoms with Crippen molar-refractivity contribution in [2.75, 3.05) is 0 Å². The van der Waals surface area contributed by atoms with Crippen molar-refractivity contribution in [1.29, 1.82) is 0 Å². The maximum Gasteiger partial charge on any atom is -0.0322 e. The summed E-state index contributed by atoms with van der Waals surface area (Å²) in [5.41, 5.74) is 0. The van der Waals surface area contributed by atoms with E-state index in [0.29, 0.717) is 5.92 Å². The Morgan fingerprint density at radius 2 is 1.91 bits per heavy atom. The Kier molecular flexibility index (Phi) is 6.30. The Morgan fingerprint density at radius 3 is 2.36 bits per heavy atom. The molecule has 0 saturated carbocycles. The Labute approximate surface area is 71.7 Å². The molecular weight excluding hydrogens is 132 g/mol. The van der Waals surface area contributed by atoms with Gasteiger partial charge in [-0.15, -0.1) is 0 Å². The van der Waals surface area contributed by atoms with Gasteiger partial charge in [0.15, 0.2) is 0 Å². The van der Waals surface area contributed by atoms with E-state index in [1.54, 1.807) is 0 Å². The number of hydrogen-bond acceptors (Lipinski definition) is 0. The van der Waals surface area contributed by atoms with Crippen molar-refractivity contribution in [3.8, 4) is 0 Å². The highest BCUT2D eigenvalue weighted by molar-refractivity contribution is 4.84. The highest BCUT2D eigenvalue weighted by atomic mass is 14.1. The molecule has 0 nitrogen and oxygen atoms in total. The van der Waals surface area contributed by atoms with Crippen molar-refractivity contribution < 1.29 is 0 Å². The van der Waals surface area contributed by atoms with E-state index >= 15 is 0 Å². The Hall–Kier alpha value is -0.260. The molecule has 0 spiro atoms. The number of allylic oxidation sites excluding steroid dienone is 2. The molecule has 0 heterocycles. The van der Waals surface area contributed by atoms with E-state index in [1.807, 2.05) is 0 Å². The second-order valence-corrected chi connectivity index (χ2v) is 3.45. The first kappa shape index (κ1) is 10.7. The SMILES string of the molecule is [CH2]C(C)C(C)C/C=C/CCC. The average molecular weight is 153 g/mol. The molecule has 0 N–H and O–H groups in total. The van der Waals surface area contributed by atoms with Crippen molar-refractivity contribution in [3.63, 3.8) is 0 Å². The molecule has 0 heteroatoms. The minimum absolute atomic E-state index is 0.571. The minimum Gasteiger partial charge on any atom is -0.0885 e. The van der Waals surface area contributed by atoms with Crippen LogP contribution in [0.25, 0.3) is 0 Å². The molecule has 11 heavy (non-hydrogen) atoms. The Balaban J connectivity index is 3.36. The first-order valence-corrected chi connectivity index (χ1v) is 4.66. The first-order valence-electron chi connectivity index (χ1n) is 4.66. The summed E-state index contributed by atoms with van der Waals surface area (Å²) in [5.74, 6) is 1.30. The van der Waals surface area contributed by atoms with Crippen LogP contribution in [0.2, 0.25) is 0 Å². The van der Waals surface area contributed by atoms with E-state index in [1.165, 1.54) is 19.3 Å². The van der Waals surface area contributed by atoms with Crippen LogP contribution >= 0.6 is 0 Å². The Morgan fingerprint density at radius 1 is 1.27 bits per heavy atom. The fourth-order valence-electron chi connectivity index (χ4n) is 0.828. The van der Waals surface area contributed by atoms with Gasteiger partial charge in [0, 0.05) is 0 Å². The summed E-state index contributed by atoms with van der Waals surface area (Å²) in [6.45, 7) is 10.6. The van der Waals surface area contributed by atoms with Gasteiger partial charge in [-0.05, 0) is 24.7 Å². The third-order valence-electron chi connectivity index (χ3n) is 2.10. The fraction of sp³-hybridized carbons (Fsp3) is 0.727. The van der Waals surface area contributed by atoms with Gasteiger partial charge in [-0.2, -0.15) is 0 Å². The van der Waals surface area contributed by atoms with Gasteiger partial charge in [-0.1, -0.05) is 46.3 Å². The van der Waals surface area contributed by atoms with Gasteiger partial charge < -0.3 is 0 Å². The third kappa shape index (κ3) is 6.15. The summed E-state index contributed by atoms with van der Waals surface area (Å²) in [6, 6.07) is 0. The molecule has 0 aromatic rings. The maximum atomic E-state index is 4.00. The molecule has 0 aliphatic carbocycles. The van der Waals surface area contributed by atoms with Gasteiger partial charge in [-0.25, -0.2) is 0 Å². The zero-order valence-corrected chi connectivity index (χ0v) is 8.14. The topological polar surface area (TPSA) is 0 Å². The smallest absolute Gasteiger partial charge is 0.0322 e. The molecule has 0 amide bonds. The fourth-order valence-corrected chi connectivity index (χ4v) is 0.828. The lowest BCUT2D eigenvalue weighted by Crippen LogP contribution is -2.01. The second kappa shape index (κ2) is 6.45. The normalized spacial score (nSPS) is 14.6. The Bertz CT molecular complexity index is 101. The number of hydrogen-bond donors (Lipinski definition) is 0. The van der Waals surface area contributed by atoms with Crippen molar-refractivity contribution in [3.05, 3.63) is 19.1 Å². The quantitative estimate of drug-likeness (QED) is 0.526. The van der Waals surface area contributed by atoms with Crippen molar-refractivity contribution in [1.82, 2.24) is 0 Å². The minimum atomic E-state index is 0.571. The van der Waals surface area contributed by atoms with Crippen LogP contribution in [-0.2, 0) is 0 Å². The molecule has 0 saturated heterocycles. The molecular formula is C11H21. The van der Waals surface area contributed by atoms with Gasteiger partial charge in [0.2, 0.25) is 0 Å². The van der Waals surface area contributed by atoms with Crippen LogP contribution in [-0.4, -0.2) is 0 Å². The van der Waals surface area contributed by atoms with Gasteiger partial charge >= 0.3 is 0 Å². The number of rotatable bonds is 5. The highest BCUT2D eigenvalue weighted by Crippen LogP contribution is 2.13. The zero-order chi connectivity index (χ0) is 8.69. The predicted molar refractivity (Wildman–Crippen MR) is 52.4 cm³/mol. The summed E-state index contributed by atoms with van der Waals surface area (Å²) in [4.78, 5) is 0. The standard InChI is InChI=1S/C11H21/c1-5-6-7-8-9-11(4)10(2)3/h7-8,10-11H,2,5-6,9H2,1,3-4H3/b8-7+. The average Bonchev–Trinajstić information content (AvgIpc) is 1.97. The molecule has 0 bridgehead atoms. The molecule has 0 rings (SSSR count). The molecule has 0 aliphatic heterocycles. The summed E-state index contributed by atoms with van der Waals surface area (Å²) in [5, 5.41) is 0. The predicted octanol–water partition coefficient (Wildman–Crippen LogP) is 3.84. The van der Waals surface area contributed by atoms with Crippen LogP contribution in [0, 0.1) is 18.8 Å². The largest absolute Gasteiger partial charge is 0.0885 e. The summed E-state index contributed by atoms with van der Waals surface area (Å²) < 4.78 is 0. The molecule has 0 aliphatic rings. The van der Waals surface area contributed by atoms with Crippen LogP contribution in [0.1, 0.15) is 40.0 Å². The second-order valence-electron chi connectivity index (χ2n) is 3.45. The summed E-state index contributed by atoms with van der Waals surface area (Å²) >= 11 is 0. The lowest BCUT2D eigenvalue weighted by molar-refractivity contribution is 0.462. The number of unbranched alkanes of at least 4 members (excludes halogenated alkanes) is 1. The lowest BCUT2D eigenvalue weighted by atomic mass is 9.94. The molecule has 0 aromatic heterocycles. The summed E-state index contributed by atoms with van der Waals surface area (Å²) in [6.07, 6.45) is 8.22. The molecule has 0 fully saturated rings. The molecule has 2 unspecified atom stereocenters.